The van der Waals surface area contributed by atoms with E-state index in [4.69, 9.17) is 4.74 Å². The molecule has 0 radical (unpaired) electrons. The third-order valence-corrected chi connectivity index (χ3v) is 5.93. The predicted molar refractivity (Wildman–Crippen MR) is 97.4 cm³/mol. The molecule has 0 atom stereocenters. The number of hydrogen-bond acceptors (Lipinski definition) is 4. The van der Waals surface area contributed by atoms with E-state index in [2.05, 4.69) is 5.32 Å². The average Bonchev–Trinajstić information content (AvgIpc) is 2.61. The molecule has 1 amide bonds. The summed E-state index contributed by atoms with van der Waals surface area (Å²) in [5, 5.41) is 2.44. The number of nitrogens with one attached hydrogen (secondary N) is 1. The topological polar surface area (TPSA) is 75.7 Å². The highest BCUT2D eigenvalue weighted by molar-refractivity contribution is 7.89. The fourth-order valence-electron chi connectivity index (χ4n) is 2.54. The number of ether oxygens (including phenoxy) is 1. The molecule has 0 spiro atoms. The molecular formula is C18H20F2N2O4S. The summed E-state index contributed by atoms with van der Waals surface area (Å²) in [4.78, 5) is 12.3. The van der Waals surface area contributed by atoms with Gasteiger partial charge in [0.25, 0.3) is 5.91 Å². The zero-order valence-electron chi connectivity index (χ0n) is 15.1. The van der Waals surface area contributed by atoms with Crippen LogP contribution in [-0.2, 0) is 10.0 Å². The maximum absolute atomic E-state index is 13.3. The zero-order valence-corrected chi connectivity index (χ0v) is 15.9. The number of carbonyl (C=O) groups is 1. The zero-order chi connectivity index (χ0) is 20.2. The van der Waals surface area contributed by atoms with Crippen molar-refractivity contribution in [2.45, 2.75) is 18.7 Å². The number of methoxy groups -OCH3 is 1. The Morgan fingerprint density at radius 2 is 1.67 bits per heavy atom. The Balaban J connectivity index is 2.42. The van der Waals surface area contributed by atoms with Gasteiger partial charge in [-0.15, -0.1) is 0 Å². The lowest BCUT2D eigenvalue weighted by molar-refractivity contribution is 0.102. The van der Waals surface area contributed by atoms with Gasteiger partial charge in [-0.2, -0.15) is 4.31 Å². The molecule has 27 heavy (non-hydrogen) atoms. The van der Waals surface area contributed by atoms with Crippen molar-refractivity contribution in [2.24, 2.45) is 0 Å². The van der Waals surface area contributed by atoms with Gasteiger partial charge in [0, 0.05) is 24.7 Å². The molecule has 1 N–H and O–H groups in total. The van der Waals surface area contributed by atoms with Gasteiger partial charge in [0.1, 0.15) is 17.4 Å². The quantitative estimate of drug-likeness (QED) is 0.777. The van der Waals surface area contributed by atoms with E-state index in [-0.39, 0.29) is 35.0 Å². The van der Waals surface area contributed by atoms with E-state index >= 15 is 0 Å². The third-order valence-electron chi connectivity index (χ3n) is 3.89. The van der Waals surface area contributed by atoms with Gasteiger partial charge in [-0.05, 0) is 30.3 Å². The van der Waals surface area contributed by atoms with Gasteiger partial charge in [0.05, 0.1) is 17.7 Å². The van der Waals surface area contributed by atoms with E-state index in [1.807, 2.05) is 0 Å². The van der Waals surface area contributed by atoms with Crippen molar-refractivity contribution >= 4 is 21.6 Å². The Labute approximate surface area is 156 Å². The molecule has 0 aliphatic carbocycles. The van der Waals surface area contributed by atoms with Gasteiger partial charge in [-0.3, -0.25) is 4.79 Å². The molecule has 0 fully saturated rings. The monoisotopic (exact) mass is 398 g/mol. The minimum atomic E-state index is -3.76. The van der Waals surface area contributed by atoms with E-state index in [9.17, 15) is 22.0 Å². The Morgan fingerprint density at radius 3 is 2.19 bits per heavy atom. The van der Waals surface area contributed by atoms with Gasteiger partial charge < -0.3 is 10.1 Å². The molecule has 2 rings (SSSR count). The first-order valence-corrected chi connectivity index (χ1v) is 9.62. The van der Waals surface area contributed by atoms with Crippen LogP contribution in [0, 0.1) is 11.6 Å². The second-order valence-corrected chi connectivity index (χ2v) is 7.50. The predicted octanol–water partition coefficient (Wildman–Crippen LogP) is 3.26. The number of nitrogens with zero attached hydrogens (tertiary/aromatic N) is 1. The smallest absolute Gasteiger partial charge is 0.255 e. The van der Waals surface area contributed by atoms with Crippen LogP contribution in [0.15, 0.2) is 41.3 Å². The van der Waals surface area contributed by atoms with Crippen LogP contribution in [0.2, 0.25) is 0 Å². The maximum atomic E-state index is 13.3. The van der Waals surface area contributed by atoms with Crippen molar-refractivity contribution in [1.29, 1.82) is 0 Å². The molecule has 9 heteroatoms. The van der Waals surface area contributed by atoms with Crippen molar-refractivity contribution in [3.63, 3.8) is 0 Å². The summed E-state index contributed by atoms with van der Waals surface area (Å²) in [6, 6.07) is 6.42. The highest BCUT2D eigenvalue weighted by atomic mass is 32.2. The molecule has 0 aromatic heterocycles. The SMILES string of the molecule is CCN(CC)S(=O)(=O)c1ccc(OC)c(NC(=O)c2cc(F)cc(F)c2)c1. The van der Waals surface area contributed by atoms with Gasteiger partial charge in [-0.25, -0.2) is 17.2 Å². The number of hydrogen-bond donors (Lipinski definition) is 1. The number of halogens is 2. The first kappa shape index (κ1) is 20.8. The van der Waals surface area contributed by atoms with Crippen LogP contribution in [0.3, 0.4) is 0 Å². The lowest BCUT2D eigenvalue weighted by Gasteiger charge is -2.19. The summed E-state index contributed by atoms with van der Waals surface area (Å²) in [6.07, 6.45) is 0. The highest BCUT2D eigenvalue weighted by Gasteiger charge is 2.23. The Morgan fingerprint density at radius 1 is 1.07 bits per heavy atom. The molecule has 0 unspecified atom stereocenters. The summed E-state index contributed by atoms with van der Waals surface area (Å²) in [5.74, 6) is -2.39. The van der Waals surface area contributed by atoms with E-state index in [1.165, 1.54) is 29.6 Å². The third kappa shape index (κ3) is 4.61. The molecule has 146 valence electrons. The Hall–Kier alpha value is -2.52. The molecule has 6 nitrogen and oxygen atoms in total. The van der Waals surface area contributed by atoms with E-state index in [0.717, 1.165) is 12.1 Å². The van der Waals surface area contributed by atoms with Gasteiger partial charge in [-0.1, -0.05) is 13.8 Å². The minimum Gasteiger partial charge on any atom is -0.495 e. The van der Waals surface area contributed by atoms with E-state index < -0.39 is 27.6 Å². The van der Waals surface area contributed by atoms with Crippen LogP contribution in [0.1, 0.15) is 24.2 Å². The summed E-state index contributed by atoms with van der Waals surface area (Å²) in [6.45, 7) is 4.00. The number of carbonyl (C=O) groups excluding carboxylic acids is 1. The van der Waals surface area contributed by atoms with Crippen LogP contribution in [0.25, 0.3) is 0 Å². The molecule has 0 saturated heterocycles. The molecule has 2 aromatic rings. The lowest BCUT2D eigenvalue weighted by atomic mass is 10.2. The van der Waals surface area contributed by atoms with Crippen LogP contribution in [-0.4, -0.2) is 38.8 Å². The fraction of sp³-hybridized carbons (Fsp3) is 0.278. The Bertz CT molecular complexity index is 924. The van der Waals surface area contributed by atoms with Crippen LogP contribution in [0.5, 0.6) is 5.75 Å². The molecule has 0 heterocycles. The first-order valence-electron chi connectivity index (χ1n) is 8.18. The molecule has 0 saturated carbocycles. The van der Waals surface area contributed by atoms with Crippen LogP contribution < -0.4 is 10.1 Å². The number of rotatable bonds is 7. The average molecular weight is 398 g/mol. The first-order chi connectivity index (χ1) is 12.7. The fourth-order valence-corrected chi connectivity index (χ4v) is 4.02. The van der Waals surface area contributed by atoms with Crippen molar-refractivity contribution in [1.82, 2.24) is 4.31 Å². The summed E-state index contributed by atoms with van der Waals surface area (Å²) < 4.78 is 58.4. The van der Waals surface area contributed by atoms with E-state index in [1.54, 1.807) is 13.8 Å². The number of anilines is 1. The largest absolute Gasteiger partial charge is 0.495 e. The minimum absolute atomic E-state index is 0.0345. The van der Waals surface area contributed by atoms with Crippen molar-refractivity contribution in [3.8, 4) is 5.75 Å². The summed E-state index contributed by atoms with van der Waals surface area (Å²) in [7, 11) is -2.40. The second-order valence-electron chi connectivity index (χ2n) is 5.56. The molecule has 0 aliphatic rings. The second kappa shape index (κ2) is 8.45. The molecular weight excluding hydrogens is 378 g/mol. The standard InChI is InChI=1S/C18H20F2N2O4S/c1-4-22(5-2)27(24,25)15-6-7-17(26-3)16(11-15)21-18(23)12-8-13(19)10-14(20)9-12/h6-11H,4-5H2,1-3H3,(H,21,23). The van der Waals surface area contributed by atoms with E-state index in [0.29, 0.717) is 6.07 Å². The number of amides is 1. The van der Waals surface area contributed by atoms with Gasteiger partial charge >= 0.3 is 0 Å². The maximum Gasteiger partial charge on any atom is 0.255 e. The normalized spacial score (nSPS) is 11.5. The van der Waals surface area contributed by atoms with Crippen molar-refractivity contribution < 1.29 is 26.7 Å². The lowest BCUT2D eigenvalue weighted by Crippen LogP contribution is -2.30. The molecule has 2 aromatic carbocycles. The number of sulfonamides is 1. The summed E-state index contributed by atoms with van der Waals surface area (Å²) >= 11 is 0. The number of benzene rings is 2. The Kier molecular flexibility index (Phi) is 6.50. The van der Waals surface area contributed by atoms with Crippen molar-refractivity contribution in [3.05, 3.63) is 53.6 Å². The molecule has 0 aliphatic heterocycles. The highest BCUT2D eigenvalue weighted by Crippen LogP contribution is 2.29. The molecule has 0 bridgehead atoms. The van der Waals surface area contributed by atoms with Crippen molar-refractivity contribution in [2.75, 3.05) is 25.5 Å². The van der Waals surface area contributed by atoms with Crippen LogP contribution >= 0.6 is 0 Å². The van der Waals surface area contributed by atoms with Gasteiger partial charge in [0.15, 0.2) is 0 Å². The van der Waals surface area contributed by atoms with Gasteiger partial charge in [0.2, 0.25) is 10.0 Å². The summed E-state index contributed by atoms with van der Waals surface area (Å²) in [5.41, 5.74) is -0.174. The van der Waals surface area contributed by atoms with Crippen LogP contribution in [0.4, 0.5) is 14.5 Å².